The molecule has 3 aromatic rings. The van der Waals surface area contributed by atoms with Crippen molar-refractivity contribution in [3.8, 4) is 0 Å². The van der Waals surface area contributed by atoms with Crippen molar-refractivity contribution >= 4 is 40.1 Å². The van der Waals surface area contributed by atoms with Crippen LogP contribution in [0.2, 0.25) is 5.02 Å². The van der Waals surface area contributed by atoms with Gasteiger partial charge >= 0.3 is 0 Å². The molecule has 1 fully saturated rings. The summed E-state index contributed by atoms with van der Waals surface area (Å²) in [7, 11) is 3.52. The Morgan fingerprint density at radius 3 is 2.97 bits per heavy atom. The van der Waals surface area contributed by atoms with E-state index < -0.39 is 0 Å². The molecule has 0 saturated carbocycles. The molecule has 1 saturated heterocycles. The van der Waals surface area contributed by atoms with Crippen LogP contribution in [0, 0.1) is 0 Å². The number of aromatic amines is 1. The van der Waals surface area contributed by atoms with Crippen molar-refractivity contribution < 1.29 is 9.53 Å². The fraction of sp³-hybridized carbons (Fsp3) is 0.333. The predicted molar refractivity (Wildman–Crippen MR) is 118 cm³/mol. The van der Waals surface area contributed by atoms with E-state index >= 15 is 0 Å². The molecule has 1 aliphatic rings. The third-order valence-electron chi connectivity index (χ3n) is 5.09. The number of aromatic nitrogens is 3. The van der Waals surface area contributed by atoms with Gasteiger partial charge in [0.05, 0.1) is 30.1 Å². The lowest BCUT2D eigenvalue weighted by molar-refractivity contribution is 0.0625. The van der Waals surface area contributed by atoms with Gasteiger partial charge in [-0.15, -0.1) is 0 Å². The fourth-order valence-electron chi connectivity index (χ4n) is 3.60. The van der Waals surface area contributed by atoms with E-state index in [2.05, 4.69) is 25.6 Å². The number of H-pyrrole nitrogens is 1. The summed E-state index contributed by atoms with van der Waals surface area (Å²) in [5.74, 6) is -0.194. The molecule has 30 heavy (non-hydrogen) atoms. The summed E-state index contributed by atoms with van der Waals surface area (Å²) in [5.41, 5.74) is 4.39. The summed E-state index contributed by atoms with van der Waals surface area (Å²) in [6.07, 6.45) is 5.12. The largest absolute Gasteiger partial charge is 0.388 e. The normalized spacial score (nSPS) is 17.2. The number of halogens is 1. The molecule has 1 atom stereocenters. The predicted octanol–water partition coefficient (Wildman–Crippen LogP) is 3.03. The van der Waals surface area contributed by atoms with Gasteiger partial charge in [-0.3, -0.25) is 9.79 Å². The van der Waals surface area contributed by atoms with Crippen LogP contribution in [0.5, 0.6) is 0 Å². The molecule has 3 N–H and O–H groups in total. The zero-order valence-corrected chi connectivity index (χ0v) is 17.6. The Bertz CT molecular complexity index is 1100. The lowest BCUT2D eigenvalue weighted by Gasteiger charge is -2.22. The average Bonchev–Trinajstić information content (AvgIpc) is 3.19. The van der Waals surface area contributed by atoms with Crippen LogP contribution in [0.25, 0.3) is 11.2 Å². The molecule has 1 amide bonds. The SMILES string of the molecule is CN=C(c1cnc2[nH]cc(C(=O)N[C@H]3CCCOC3)c2n1)c1ccc(Cl)cc1NC. The average molecular weight is 427 g/mol. The van der Waals surface area contributed by atoms with E-state index in [1.165, 1.54) is 0 Å². The van der Waals surface area contributed by atoms with Gasteiger partial charge in [-0.25, -0.2) is 9.97 Å². The number of benzene rings is 1. The van der Waals surface area contributed by atoms with E-state index in [0.29, 0.717) is 39.8 Å². The van der Waals surface area contributed by atoms with Crippen LogP contribution in [0.4, 0.5) is 5.69 Å². The molecular weight excluding hydrogens is 404 g/mol. The molecule has 1 aromatic carbocycles. The minimum Gasteiger partial charge on any atom is -0.388 e. The van der Waals surface area contributed by atoms with Crippen molar-refractivity contribution in [3.05, 3.63) is 52.4 Å². The van der Waals surface area contributed by atoms with Crippen LogP contribution in [0.1, 0.15) is 34.5 Å². The minimum absolute atomic E-state index is 0.00682. The maximum Gasteiger partial charge on any atom is 0.255 e. The number of nitrogens with one attached hydrogen (secondary N) is 3. The smallest absolute Gasteiger partial charge is 0.255 e. The van der Waals surface area contributed by atoms with Gasteiger partial charge in [-0.1, -0.05) is 11.6 Å². The molecule has 3 heterocycles. The first-order valence-electron chi connectivity index (χ1n) is 9.78. The Labute approximate surface area is 179 Å². The number of aliphatic imine (C=N–C) groups is 1. The number of ether oxygens (including phenoxy) is 1. The topological polar surface area (TPSA) is 104 Å². The molecule has 8 nitrogen and oxygen atoms in total. The van der Waals surface area contributed by atoms with Crippen LogP contribution in [0.15, 0.2) is 35.6 Å². The highest BCUT2D eigenvalue weighted by Crippen LogP contribution is 2.24. The third kappa shape index (κ3) is 4.01. The Kier molecular flexibility index (Phi) is 5.96. The molecule has 0 aliphatic carbocycles. The maximum absolute atomic E-state index is 12.8. The van der Waals surface area contributed by atoms with E-state index in [9.17, 15) is 4.79 Å². The van der Waals surface area contributed by atoms with Gasteiger partial charge in [0.2, 0.25) is 0 Å². The maximum atomic E-state index is 12.8. The van der Waals surface area contributed by atoms with E-state index in [-0.39, 0.29) is 11.9 Å². The fourth-order valence-corrected chi connectivity index (χ4v) is 3.77. The molecule has 2 aromatic heterocycles. The third-order valence-corrected chi connectivity index (χ3v) is 5.33. The number of hydrogen-bond donors (Lipinski definition) is 3. The Morgan fingerprint density at radius 2 is 2.23 bits per heavy atom. The summed E-state index contributed by atoms with van der Waals surface area (Å²) < 4.78 is 5.45. The van der Waals surface area contributed by atoms with Crippen molar-refractivity contribution in [2.75, 3.05) is 32.6 Å². The number of nitrogens with zero attached hydrogens (tertiary/aromatic N) is 3. The van der Waals surface area contributed by atoms with E-state index in [1.807, 2.05) is 19.2 Å². The summed E-state index contributed by atoms with van der Waals surface area (Å²) in [6.45, 7) is 1.27. The first-order chi connectivity index (χ1) is 14.6. The number of anilines is 1. The first kappa shape index (κ1) is 20.3. The van der Waals surface area contributed by atoms with Gasteiger partial charge in [0.15, 0.2) is 5.65 Å². The number of carbonyl (C=O) groups excluding carboxylic acids is 1. The molecule has 1 aliphatic heterocycles. The van der Waals surface area contributed by atoms with Crippen LogP contribution in [-0.2, 0) is 4.74 Å². The van der Waals surface area contributed by atoms with Crippen LogP contribution in [0.3, 0.4) is 0 Å². The standard InChI is InChI=1S/C21H23ClN6O2/c1-23-16-8-12(22)5-6-14(16)18(24-2)17-10-26-20-19(28-17)15(9-25-20)21(29)27-13-4-3-7-30-11-13/h5-6,8-10,13,23H,3-4,7,11H2,1-2H3,(H,25,26)(H,27,29)/t13-/m0/s1. The van der Waals surface area contributed by atoms with Crippen molar-refractivity contribution in [1.29, 1.82) is 0 Å². The lowest BCUT2D eigenvalue weighted by atomic mass is 10.0. The van der Waals surface area contributed by atoms with Gasteiger partial charge in [-0.2, -0.15) is 0 Å². The Morgan fingerprint density at radius 1 is 1.37 bits per heavy atom. The molecule has 9 heteroatoms. The second kappa shape index (κ2) is 8.81. The minimum atomic E-state index is -0.194. The summed E-state index contributed by atoms with van der Waals surface area (Å²) in [6, 6.07) is 5.52. The van der Waals surface area contributed by atoms with Crippen molar-refractivity contribution in [1.82, 2.24) is 20.3 Å². The number of rotatable bonds is 5. The van der Waals surface area contributed by atoms with Gasteiger partial charge in [0.1, 0.15) is 11.2 Å². The van der Waals surface area contributed by atoms with Crippen molar-refractivity contribution in [2.24, 2.45) is 4.99 Å². The van der Waals surface area contributed by atoms with Gasteiger partial charge in [0.25, 0.3) is 5.91 Å². The lowest BCUT2D eigenvalue weighted by Crippen LogP contribution is -2.40. The highest BCUT2D eigenvalue weighted by Gasteiger charge is 2.21. The van der Waals surface area contributed by atoms with E-state index in [0.717, 1.165) is 30.7 Å². The molecule has 0 radical (unpaired) electrons. The number of carbonyl (C=O) groups is 1. The highest BCUT2D eigenvalue weighted by atomic mass is 35.5. The van der Waals surface area contributed by atoms with Crippen LogP contribution >= 0.6 is 11.6 Å². The zero-order chi connectivity index (χ0) is 21.1. The van der Waals surface area contributed by atoms with Crippen molar-refractivity contribution in [3.63, 3.8) is 0 Å². The van der Waals surface area contributed by atoms with Crippen LogP contribution < -0.4 is 10.6 Å². The number of amides is 1. The van der Waals surface area contributed by atoms with Gasteiger partial charge < -0.3 is 20.4 Å². The Hall–Kier alpha value is -2.97. The first-order valence-corrected chi connectivity index (χ1v) is 10.2. The van der Waals surface area contributed by atoms with E-state index in [4.69, 9.17) is 21.3 Å². The molecule has 4 rings (SSSR count). The highest BCUT2D eigenvalue weighted by molar-refractivity contribution is 6.31. The van der Waals surface area contributed by atoms with Crippen LogP contribution in [-0.4, -0.2) is 59.9 Å². The molecule has 0 unspecified atom stereocenters. The quantitative estimate of drug-likeness (QED) is 0.544. The second-order valence-corrected chi connectivity index (χ2v) is 7.49. The molecule has 156 valence electrons. The Balaban J connectivity index is 1.69. The summed E-state index contributed by atoms with van der Waals surface area (Å²) in [5, 5.41) is 6.78. The molecular formula is C21H23ClN6O2. The van der Waals surface area contributed by atoms with Gasteiger partial charge in [0, 0.05) is 43.2 Å². The zero-order valence-electron chi connectivity index (χ0n) is 16.8. The molecule has 0 bridgehead atoms. The summed E-state index contributed by atoms with van der Waals surface area (Å²) in [4.78, 5) is 29.5. The van der Waals surface area contributed by atoms with Crippen molar-refractivity contribution in [2.45, 2.75) is 18.9 Å². The van der Waals surface area contributed by atoms with E-state index in [1.54, 1.807) is 25.5 Å². The number of hydrogen-bond acceptors (Lipinski definition) is 6. The van der Waals surface area contributed by atoms with Gasteiger partial charge in [-0.05, 0) is 31.0 Å². The molecule has 0 spiro atoms. The summed E-state index contributed by atoms with van der Waals surface area (Å²) >= 11 is 6.12. The monoisotopic (exact) mass is 426 g/mol. The second-order valence-electron chi connectivity index (χ2n) is 7.05. The number of fused-ring (bicyclic) bond motifs is 1.